The lowest BCUT2D eigenvalue weighted by Gasteiger charge is -2.39. The number of carbonyl (C=O) groups is 2. The Bertz CT molecular complexity index is 1010. The van der Waals surface area contributed by atoms with E-state index in [1.165, 1.54) is 5.56 Å². The molecule has 2 amide bonds. The molecule has 1 saturated heterocycles. The maximum atomic E-state index is 12.8. The average Bonchev–Trinajstić information content (AvgIpc) is 2.85. The Morgan fingerprint density at radius 2 is 1.94 bits per heavy atom. The zero-order valence-electron chi connectivity index (χ0n) is 19.8. The molecule has 0 aromatic heterocycles. The first-order chi connectivity index (χ1) is 16.5. The van der Waals surface area contributed by atoms with Crippen molar-refractivity contribution in [3.05, 3.63) is 70.6 Å². The van der Waals surface area contributed by atoms with Gasteiger partial charge in [-0.05, 0) is 55.6 Å². The highest BCUT2D eigenvalue weighted by atomic mass is 32.2. The monoisotopic (exact) mass is 479 g/mol. The topological polar surface area (TPSA) is 70.7 Å². The van der Waals surface area contributed by atoms with Crippen LogP contribution in [0.2, 0.25) is 0 Å². The van der Waals surface area contributed by atoms with Gasteiger partial charge in [-0.15, -0.1) is 11.8 Å². The molecule has 1 aliphatic heterocycles. The van der Waals surface area contributed by atoms with Gasteiger partial charge in [-0.2, -0.15) is 0 Å². The van der Waals surface area contributed by atoms with Crippen LogP contribution in [0.25, 0.3) is 6.08 Å². The van der Waals surface area contributed by atoms with Crippen molar-refractivity contribution in [1.29, 1.82) is 0 Å². The maximum Gasteiger partial charge on any atom is 0.257 e. The van der Waals surface area contributed by atoms with E-state index in [1.54, 1.807) is 18.9 Å². The van der Waals surface area contributed by atoms with Crippen molar-refractivity contribution in [2.75, 3.05) is 27.2 Å². The summed E-state index contributed by atoms with van der Waals surface area (Å²) < 4.78 is 5.20. The summed E-state index contributed by atoms with van der Waals surface area (Å²) in [5.74, 6) is 0.798. The Labute approximate surface area is 206 Å². The van der Waals surface area contributed by atoms with E-state index in [9.17, 15) is 9.59 Å². The summed E-state index contributed by atoms with van der Waals surface area (Å²) in [6.07, 6.45) is 4.40. The molecule has 180 valence electrons. The molecular formula is C27H33N3O3S. The molecule has 7 heteroatoms. The van der Waals surface area contributed by atoms with Gasteiger partial charge in [0.25, 0.3) is 5.91 Å². The lowest BCUT2D eigenvalue weighted by atomic mass is 9.84. The second-order valence-corrected chi connectivity index (χ2v) is 10.3. The summed E-state index contributed by atoms with van der Waals surface area (Å²) in [7, 11) is 3.70. The van der Waals surface area contributed by atoms with Gasteiger partial charge in [-0.25, -0.2) is 0 Å². The number of likely N-dealkylation sites (N-methyl/N-ethyl adjacent to an activating group) is 1. The number of hydrogen-bond acceptors (Lipinski definition) is 5. The van der Waals surface area contributed by atoms with E-state index in [0.29, 0.717) is 18.2 Å². The second kappa shape index (κ2) is 11.6. The van der Waals surface area contributed by atoms with Gasteiger partial charge in [0.15, 0.2) is 0 Å². The summed E-state index contributed by atoms with van der Waals surface area (Å²) in [6.45, 7) is 2.29. The number of thioether (sulfide) groups is 1. The van der Waals surface area contributed by atoms with Crippen LogP contribution in [0.3, 0.4) is 0 Å². The molecule has 3 unspecified atom stereocenters. The highest BCUT2D eigenvalue weighted by molar-refractivity contribution is 8.04. The number of carbonyl (C=O) groups excluding carboxylic acids is 2. The van der Waals surface area contributed by atoms with Crippen molar-refractivity contribution in [3.8, 4) is 5.75 Å². The van der Waals surface area contributed by atoms with Gasteiger partial charge in [0, 0.05) is 36.8 Å². The molecule has 0 spiro atoms. The number of ether oxygens (including phenoxy) is 1. The summed E-state index contributed by atoms with van der Waals surface area (Å²) in [5.41, 5.74) is 2.24. The Balaban J connectivity index is 1.24. The van der Waals surface area contributed by atoms with Crippen molar-refractivity contribution in [1.82, 2.24) is 15.5 Å². The number of hydrogen-bond donors (Lipinski definition) is 2. The van der Waals surface area contributed by atoms with Crippen molar-refractivity contribution >= 4 is 29.7 Å². The third-order valence-corrected chi connectivity index (χ3v) is 7.90. The quantitative estimate of drug-likeness (QED) is 0.565. The zero-order chi connectivity index (χ0) is 23.9. The van der Waals surface area contributed by atoms with Gasteiger partial charge in [0.1, 0.15) is 5.75 Å². The molecule has 0 radical (unpaired) electrons. The van der Waals surface area contributed by atoms with Gasteiger partial charge >= 0.3 is 0 Å². The van der Waals surface area contributed by atoms with Gasteiger partial charge in [0.05, 0.1) is 12.0 Å². The number of benzene rings is 2. The Hall–Kier alpha value is -2.77. The van der Waals surface area contributed by atoms with E-state index in [-0.39, 0.29) is 23.8 Å². The molecule has 2 N–H and O–H groups in total. The number of nitrogens with zero attached hydrogens (tertiary/aromatic N) is 1. The fraction of sp³-hybridized carbons (Fsp3) is 0.407. The van der Waals surface area contributed by atoms with E-state index in [4.69, 9.17) is 4.74 Å². The van der Waals surface area contributed by atoms with Crippen LogP contribution >= 0.6 is 11.8 Å². The molecule has 0 bridgehead atoms. The Morgan fingerprint density at radius 3 is 2.68 bits per heavy atom. The molecule has 1 heterocycles. The predicted octanol–water partition coefficient (Wildman–Crippen LogP) is 3.68. The second-order valence-electron chi connectivity index (χ2n) is 9.04. The minimum absolute atomic E-state index is 0.0378. The van der Waals surface area contributed by atoms with E-state index in [0.717, 1.165) is 42.1 Å². The highest BCUT2D eigenvalue weighted by Crippen LogP contribution is 2.40. The Morgan fingerprint density at radius 1 is 1.18 bits per heavy atom. The molecule has 2 aliphatic rings. The molecule has 2 aromatic carbocycles. The largest absolute Gasteiger partial charge is 0.497 e. The van der Waals surface area contributed by atoms with Crippen LogP contribution in [0.5, 0.6) is 5.75 Å². The first-order valence-electron chi connectivity index (χ1n) is 11.9. The van der Waals surface area contributed by atoms with Gasteiger partial charge in [0.2, 0.25) is 5.91 Å². The molecule has 6 nitrogen and oxygen atoms in total. The first kappa shape index (κ1) is 24.4. The van der Waals surface area contributed by atoms with Crippen molar-refractivity contribution in [2.24, 2.45) is 5.92 Å². The summed E-state index contributed by atoms with van der Waals surface area (Å²) in [5, 5.41) is 6.57. The van der Waals surface area contributed by atoms with Crippen LogP contribution in [0.4, 0.5) is 0 Å². The van der Waals surface area contributed by atoms with Gasteiger partial charge in [-0.3, -0.25) is 9.59 Å². The number of nitrogens with one attached hydrogen (secondary N) is 2. The Kier molecular flexibility index (Phi) is 8.29. The fourth-order valence-corrected chi connectivity index (χ4v) is 5.86. The first-order valence-corrected chi connectivity index (χ1v) is 12.7. The van der Waals surface area contributed by atoms with Crippen molar-refractivity contribution in [3.63, 3.8) is 0 Å². The highest BCUT2D eigenvalue weighted by Gasteiger charge is 2.39. The molecular weight excluding hydrogens is 446 g/mol. The van der Waals surface area contributed by atoms with Crippen molar-refractivity contribution < 1.29 is 14.3 Å². The smallest absolute Gasteiger partial charge is 0.257 e. The maximum absolute atomic E-state index is 12.8. The standard InChI is InChI=1S/C27H33N3O3S/c1-30(18-20-6-4-3-5-7-20)15-14-28-26(31)21-10-13-24-23(17-21)29-27(32)25(34-24)16-19-8-11-22(33-2)12-9-19/h3-9,11-12,16,21,23-24H,10,13-15,17-18H2,1-2H3,(H,28,31)(H,29,32)/b25-16+. The normalized spacial score (nSPS) is 23.3. The third kappa shape index (κ3) is 6.42. The van der Waals surface area contributed by atoms with Crippen LogP contribution < -0.4 is 15.4 Å². The number of methoxy groups -OCH3 is 1. The molecule has 4 rings (SSSR count). The number of fused-ring (bicyclic) bond motifs is 1. The summed E-state index contributed by atoms with van der Waals surface area (Å²) >= 11 is 1.64. The summed E-state index contributed by atoms with van der Waals surface area (Å²) in [6, 6.07) is 18.0. The minimum Gasteiger partial charge on any atom is -0.497 e. The molecule has 3 atom stereocenters. The lowest BCUT2D eigenvalue weighted by Crippen LogP contribution is -2.51. The summed E-state index contributed by atoms with van der Waals surface area (Å²) in [4.78, 5) is 28.4. The third-order valence-electron chi connectivity index (χ3n) is 6.48. The van der Waals surface area contributed by atoms with Crippen LogP contribution in [0, 0.1) is 5.92 Å². The average molecular weight is 480 g/mol. The van der Waals surface area contributed by atoms with Crippen LogP contribution in [-0.2, 0) is 16.1 Å². The number of rotatable bonds is 8. The lowest BCUT2D eigenvalue weighted by molar-refractivity contribution is -0.127. The van der Waals surface area contributed by atoms with Crippen molar-refractivity contribution in [2.45, 2.75) is 37.1 Å². The molecule has 1 saturated carbocycles. The van der Waals surface area contributed by atoms with Gasteiger partial charge < -0.3 is 20.3 Å². The van der Waals surface area contributed by atoms with E-state index in [1.807, 2.05) is 48.5 Å². The SMILES string of the molecule is COc1ccc(/C=C2/SC3CCC(C(=O)NCCN(C)Cc4ccccc4)CC3NC2=O)cc1. The minimum atomic E-state index is -0.0503. The molecule has 1 aliphatic carbocycles. The fourth-order valence-electron chi connectivity index (χ4n) is 4.57. The van der Waals surface area contributed by atoms with E-state index >= 15 is 0 Å². The molecule has 34 heavy (non-hydrogen) atoms. The zero-order valence-corrected chi connectivity index (χ0v) is 20.6. The predicted molar refractivity (Wildman–Crippen MR) is 137 cm³/mol. The number of amides is 2. The van der Waals surface area contributed by atoms with Crippen LogP contribution in [0.15, 0.2) is 59.5 Å². The molecule has 2 aromatic rings. The van der Waals surface area contributed by atoms with E-state index in [2.05, 4.69) is 34.7 Å². The van der Waals surface area contributed by atoms with Gasteiger partial charge in [-0.1, -0.05) is 42.5 Å². The van der Waals surface area contributed by atoms with Crippen LogP contribution in [0.1, 0.15) is 30.4 Å². The molecule has 2 fully saturated rings. The van der Waals surface area contributed by atoms with Crippen LogP contribution in [-0.4, -0.2) is 55.3 Å². The van der Waals surface area contributed by atoms with E-state index < -0.39 is 0 Å².